The van der Waals surface area contributed by atoms with E-state index >= 15 is 0 Å². The largest absolute Gasteiger partial charge is 0.394 e. The average molecular weight is 966 g/mol. The number of unbranched alkanes of at least 4 members (excludes halogenated alkanes) is 30. The summed E-state index contributed by atoms with van der Waals surface area (Å²) < 4.78 is 11.1. The van der Waals surface area contributed by atoms with E-state index in [1.165, 1.54) is 161 Å². The van der Waals surface area contributed by atoms with Crippen LogP contribution >= 0.6 is 0 Å². The molecular formula is C57H107NO10. The molecule has 9 unspecified atom stereocenters. The molecule has 68 heavy (non-hydrogen) atoms. The lowest BCUT2D eigenvalue weighted by Gasteiger charge is -2.40. The molecule has 0 aromatic heterocycles. The Bertz CT molecular complexity index is 1200. The van der Waals surface area contributed by atoms with Crippen molar-refractivity contribution in [2.24, 2.45) is 0 Å². The van der Waals surface area contributed by atoms with E-state index in [1.807, 2.05) is 0 Å². The number of hydrogen-bond acceptors (Lipinski definition) is 10. The summed E-state index contributed by atoms with van der Waals surface area (Å²) in [6.45, 7) is 3.44. The third kappa shape index (κ3) is 34.6. The van der Waals surface area contributed by atoms with E-state index in [9.17, 15) is 40.5 Å². The van der Waals surface area contributed by atoms with E-state index in [0.717, 1.165) is 44.9 Å². The van der Waals surface area contributed by atoms with Crippen molar-refractivity contribution in [1.82, 2.24) is 5.32 Å². The summed E-state index contributed by atoms with van der Waals surface area (Å²) >= 11 is 0. The molecule has 400 valence electrons. The molecule has 0 bridgehead atoms. The van der Waals surface area contributed by atoms with Crippen LogP contribution in [0.2, 0.25) is 0 Å². The first-order chi connectivity index (χ1) is 33.2. The number of hydrogen-bond donors (Lipinski definition) is 8. The summed E-state index contributed by atoms with van der Waals surface area (Å²) in [6, 6.07) is -1.19. The third-order valence-corrected chi connectivity index (χ3v) is 13.7. The van der Waals surface area contributed by atoms with Crippen molar-refractivity contribution in [2.75, 3.05) is 13.2 Å². The fraction of sp³-hybridized carbons (Fsp3) is 0.877. The van der Waals surface area contributed by atoms with Crippen LogP contribution in [-0.2, 0) is 14.3 Å². The standard InChI is InChI=1S/C57H107NO10/c1-3-5-7-9-11-13-15-17-19-20-21-22-23-24-25-26-27-28-29-30-31-33-34-36-38-40-42-44-49(60)52(62)48(47-67-57-55(65)54(64)53(63)51(46-59)68-57)58-56(66)50(61)45-43-41-39-37-35-32-18-16-14-12-10-8-6-4-2/h26-27,30-31,36,38,48-55,57,59-65H,3-25,28-29,32-35,37,39-47H2,1-2H3,(H,58,66)/b27-26+,31-30+,38-36+. The highest BCUT2D eigenvalue weighted by Gasteiger charge is 2.44. The van der Waals surface area contributed by atoms with Gasteiger partial charge in [0, 0.05) is 0 Å². The van der Waals surface area contributed by atoms with Gasteiger partial charge >= 0.3 is 0 Å². The number of rotatable bonds is 48. The van der Waals surface area contributed by atoms with Crippen LogP contribution in [0.4, 0.5) is 0 Å². The maximum Gasteiger partial charge on any atom is 0.249 e. The minimum absolute atomic E-state index is 0.242. The van der Waals surface area contributed by atoms with Gasteiger partial charge in [-0.15, -0.1) is 0 Å². The summed E-state index contributed by atoms with van der Waals surface area (Å²) in [5.41, 5.74) is 0. The molecule has 0 aliphatic carbocycles. The summed E-state index contributed by atoms with van der Waals surface area (Å²) in [5, 5.41) is 76.0. The molecule has 0 radical (unpaired) electrons. The molecule has 0 spiro atoms. The molecule has 9 atom stereocenters. The lowest BCUT2D eigenvalue weighted by atomic mass is 9.98. The monoisotopic (exact) mass is 966 g/mol. The smallest absolute Gasteiger partial charge is 0.249 e. The van der Waals surface area contributed by atoms with Gasteiger partial charge in [-0.2, -0.15) is 0 Å². The zero-order valence-corrected chi connectivity index (χ0v) is 43.6. The van der Waals surface area contributed by atoms with Crippen LogP contribution < -0.4 is 5.32 Å². The van der Waals surface area contributed by atoms with Crippen molar-refractivity contribution >= 4 is 5.91 Å². The summed E-state index contributed by atoms with van der Waals surface area (Å²) in [5.74, 6) is -0.711. The van der Waals surface area contributed by atoms with Crippen LogP contribution in [0.5, 0.6) is 0 Å². The number of amides is 1. The van der Waals surface area contributed by atoms with Gasteiger partial charge in [0.25, 0.3) is 0 Å². The van der Waals surface area contributed by atoms with E-state index in [1.54, 1.807) is 0 Å². The Morgan fingerprint density at radius 1 is 0.500 bits per heavy atom. The van der Waals surface area contributed by atoms with Crippen molar-refractivity contribution in [3.63, 3.8) is 0 Å². The molecule has 1 aliphatic rings. The molecule has 1 amide bonds. The first-order valence-corrected chi connectivity index (χ1v) is 28.4. The van der Waals surface area contributed by atoms with Gasteiger partial charge < -0.3 is 50.5 Å². The number of aliphatic hydroxyl groups is 7. The molecule has 0 saturated carbocycles. The topological polar surface area (TPSA) is 189 Å². The number of carbonyl (C=O) groups is 1. The first-order valence-electron chi connectivity index (χ1n) is 28.4. The van der Waals surface area contributed by atoms with E-state index in [2.05, 4.69) is 55.6 Å². The number of carbonyl (C=O) groups excluding carboxylic acids is 1. The Morgan fingerprint density at radius 3 is 1.31 bits per heavy atom. The van der Waals surface area contributed by atoms with Gasteiger partial charge in [0.1, 0.15) is 36.6 Å². The highest BCUT2D eigenvalue weighted by atomic mass is 16.7. The minimum atomic E-state index is -1.67. The average Bonchev–Trinajstić information content (AvgIpc) is 3.34. The molecule has 1 saturated heterocycles. The quantitative estimate of drug-likeness (QED) is 0.0215. The maximum absolute atomic E-state index is 13.1. The van der Waals surface area contributed by atoms with Crippen LogP contribution in [0.25, 0.3) is 0 Å². The Balaban J connectivity index is 2.34. The number of allylic oxidation sites excluding steroid dienone is 6. The highest BCUT2D eigenvalue weighted by Crippen LogP contribution is 2.23. The SMILES string of the molecule is CCCCCCCCCCCCCCCC/C=C/CC/C=C/CC/C=C/CCCC(O)C(O)C(COC1OC(CO)C(O)C(O)C1O)NC(=O)C(O)CCCCCCCCCCCCCCCC. The predicted molar refractivity (Wildman–Crippen MR) is 279 cm³/mol. The second kappa shape index (κ2) is 46.4. The number of aliphatic hydroxyl groups excluding tert-OH is 7. The number of ether oxygens (including phenoxy) is 2. The Hall–Kier alpha value is -1.67. The Labute approximate surface area is 416 Å². The van der Waals surface area contributed by atoms with Crippen LogP contribution in [0, 0.1) is 0 Å². The van der Waals surface area contributed by atoms with Crippen molar-refractivity contribution in [3.8, 4) is 0 Å². The second-order valence-corrected chi connectivity index (χ2v) is 20.0. The fourth-order valence-corrected chi connectivity index (χ4v) is 9.00. The van der Waals surface area contributed by atoms with E-state index < -0.39 is 74.2 Å². The predicted octanol–water partition coefficient (Wildman–Crippen LogP) is 11.5. The third-order valence-electron chi connectivity index (χ3n) is 13.7. The summed E-state index contributed by atoms with van der Waals surface area (Å²) in [6.07, 6.45) is 44.9. The van der Waals surface area contributed by atoms with Gasteiger partial charge in [0.2, 0.25) is 5.91 Å². The zero-order chi connectivity index (χ0) is 49.7. The molecule has 1 heterocycles. The van der Waals surface area contributed by atoms with Gasteiger partial charge in [0.05, 0.1) is 25.4 Å². The van der Waals surface area contributed by atoms with Crippen LogP contribution in [-0.4, -0.2) is 110 Å². The molecule has 11 heteroatoms. The van der Waals surface area contributed by atoms with Gasteiger partial charge in [-0.1, -0.05) is 224 Å². The molecular weight excluding hydrogens is 859 g/mol. The first kappa shape index (κ1) is 64.3. The lowest BCUT2D eigenvalue weighted by Crippen LogP contribution is -2.60. The Kier molecular flexibility index (Phi) is 43.9. The molecule has 0 aromatic rings. The van der Waals surface area contributed by atoms with Gasteiger partial charge in [-0.25, -0.2) is 0 Å². The van der Waals surface area contributed by atoms with Gasteiger partial charge in [-0.05, 0) is 64.2 Å². The second-order valence-electron chi connectivity index (χ2n) is 20.0. The lowest BCUT2D eigenvalue weighted by molar-refractivity contribution is -0.303. The minimum Gasteiger partial charge on any atom is -0.394 e. The van der Waals surface area contributed by atoms with Crippen LogP contribution in [0.15, 0.2) is 36.5 Å². The van der Waals surface area contributed by atoms with E-state index in [4.69, 9.17) is 9.47 Å². The van der Waals surface area contributed by atoms with Crippen LogP contribution in [0.1, 0.15) is 251 Å². The molecule has 1 aliphatic heterocycles. The normalized spacial score (nSPS) is 20.8. The Morgan fingerprint density at radius 2 is 0.882 bits per heavy atom. The molecule has 0 aromatic carbocycles. The molecule has 1 fully saturated rings. The van der Waals surface area contributed by atoms with Gasteiger partial charge in [-0.3, -0.25) is 4.79 Å². The van der Waals surface area contributed by atoms with Crippen molar-refractivity contribution in [3.05, 3.63) is 36.5 Å². The van der Waals surface area contributed by atoms with Crippen molar-refractivity contribution < 1.29 is 50.0 Å². The van der Waals surface area contributed by atoms with Crippen molar-refractivity contribution in [2.45, 2.75) is 306 Å². The summed E-state index contributed by atoms with van der Waals surface area (Å²) in [4.78, 5) is 13.1. The zero-order valence-electron chi connectivity index (χ0n) is 43.6. The van der Waals surface area contributed by atoms with Crippen LogP contribution in [0.3, 0.4) is 0 Å². The number of nitrogens with one attached hydrogen (secondary N) is 1. The summed E-state index contributed by atoms with van der Waals surface area (Å²) in [7, 11) is 0. The molecule has 8 N–H and O–H groups in total. The molecule has 1 rings (SSSR count). The molecule has 11 nitrogen and oxygen atoms in total. The van der Waals surface area contributed by atoms with E-state index in [0.29, 0.717) is 19.3 Å². The van der Waals surface area contributed by atoms with E-state index in [-0.39, 0.29) is 12.8 Å². The van der Waals surface area contributed by atoms with Crippen molar-refractivity contribution in [1.29, 1.82) is 0 Å². The van der Waals surface area contributed by atoms with Gasteiger partial charge in [0.15, 0.2) is 6.29 Å². The highest BCUT2D eigenvalue weighted by molar-refractivity contribution is 5.80. The maximum atomic E-state index is 13.1. The fourth-order valence-electron chi connectivity index (χ4n) is 9.00.